The molecule has 5 nitrogen and oxygen atoms in total. The molecule has 0 fully saturated rings. The Morgan fingerprint density at radius 3 is 2.28 bits per heavy atom. The van der Waals surface area contributed by atoms with E-state index in [0.29, 0.717) is 5.02 Å². The number of nitrogens with one attached hydrogen (secondary N) is 1. The van der Waals surface area contributed by atoms with Crippen molar-refractivity contribution in [2.75, 3.05) is 10.8 Å². The van der Waals surface area contributed by atoms with Gasteiger partial charge in [-0.05, 0) is 67.8 Å². The lowest BCUT2D eigenvalue weighted by molar-refractivity contribution is -0.120. The molecule has 32 heavy (non-hydrogen) atoms. The summed E-state index contributed by atoms with van der Waals surface area (Å²) in [6.07, 6.45) is 0. The summed E-state index contributed by atoms with van der Waals surface area (Å²) in [6, 6.07) is 18.0. The number of carbonyl (C=O) groups is 1. The first kappa shape index (κ1) is 24.1. The van der Waals surface area contributed by atoms with E-state index in [2.05, 4.69) is 5.32 Å². The highest BCUT2D eigenvalue weighted by Crippen LogP contribution is 2.32. The molecule has 1 unspecified atom stereocenters. The molecule has 0 aliphatic heterocycles. The molecule has 168 valence electrons. The van der Waals surface area contributed by atoms with Crippen LogP contribution in [0.5, 0.6) is 0 Å². The van der Waals surface area contributed by atoms with Crippen molar-refractivity contribution in [3.05, 3.63) is 93.5 Å². The summed E-state index contributed by atoms with van der Waals surface area (Å²) < 4.78 is 27.8. The van der Waals surface area contributed by atoms with Gasteiger partial charge in [0.15, 0.2) is 0 Å². The highest BCUT2D eigenvalue weighted by Gasteiger charge is 2.29. The van der Waals surface area contributed by atoms with Crippen LogP contribution < -0.4 is 9.62 Å². The van der Waals surface area contributed by atoms with E-state index in [9.17, 15) is 13.2 Å². The molecule has 0 aliphatic rings. The normalized spacial score (nSPS) is 12.3. The molecule has 0 saturated carbocycles. The predicted octanol–water partition coefficient (Wildman–Crippen LogP) is 5.68. The van der Waals surface area contributed by atoms with Crippen molar-refractivity contribution in [1.82, 2.24) is 5.32 Å². The molecule has 0 bridgehead atoms. The van der Waals surface area contributed by atoms with Crippen LogP contribution in [0.4, 0.5) is 5.69 Å². The smallest absolute Gasteiger partial charge is 0.264 e. The zero-order valence-corrected chi connectivity index (χ0v) is 20.3. The fourth-order valence-corrected chi connectivity index (χ4v) is 5.26. The fraction of sp³-hybridized carbons (Fsp3) is 0.208. The average molecular weight is 491 g/mol. The SMILES string of the molecule is Cc1ccc(C(C)NC(=O)CN(c2ccc(Cl)cc2Cl)S(=O)(=O)c2ccccc2)cc1C. The molecule has 0 radical (unpaired) electrons. The van der Waals surface area contributed by atoms with Crippen LogP contribution in [0.2, 0.25) is 10.0 Å². The van der Waals surface area contributed by atoms with Gasteiger partial charge in [-0.1, -0.05) is 59.6 Å². The molecule has 3 rings (SSSR count). The topological polar surface area (TPSA) is 66.5 Å². The van der Waals surface area contributed by atoms with Gasteiger partial charge in [-0.15, -0.1) is 0 Å². The van der Waals surface area contributed by atoms with E-state index in [1.807, 2.05) is 39.0 Å². The highest BCUT2D eigenvalue weighted by atomic mass is 35.5. The van der Waals surface area contributed by atoms with Gasteiger partial charge in [-0.2, -0.15) is 0 Å². The summed E-state index contributed by atoms with van der Waals surface area (Å²) in [5, 5.41) is 3.38. The van der Waals surface area contributed by atoms with Gasteiger partial charge in [0.05, 0.1) is 21.6 Å². The van der Waals surface area contributed by atoms with Crippen LogP contribution in [-0.4, -0.2) is 20.9 Å². The molecule has 0 saturated heterocycles. The van der Waals surface area contributed by atoms with E-state index in [0.717, 1.165) is 21.0 Å². The van der Waals surface area contributed by atoms with Crippen molar-refractivity contribution in [2.24, 2.45) is 0 Å². The van der Waals surface area contributed by atoms with Crippen molar-refractivity contribution < 1.29 is 13.2 Å². The van der Waals surface area contributed by atoms with E-state index in [1.54, 1.807) is 18.2 Å². The maximum Gasteiger partial charge on any atom is 0.264 e. The van der Waals surface area contributed by atoms with E-state index < -0.39 is 22.5 Å². The largest absolute Gasteiger partial charge is 0.348 e. The van der Waals surface area contributed by atoms with Crippen molar-refractivity contribution in [3.8, 4) is 0 Å². The summed E-state index contributed by atoms with van der Waals surface area (Å²) in [4.78, 5) is 13.0. The lowest BCUT2D eigenvalue weighted by atomic mass is 10.0. The number of aryl methyl sites for hydroxylation is 2. The summed E-state index contributed by atoms with van der Waals surface area (Å²) >= 11 is 12.3. The Kier molecular flexibility index (Phi) is 7.49. The van der Waals surface area contributed by atoms with Gasteiger partial charge < -0.3 is 5.32 Å². The lowest BCUT2D eigenvalue weighted by Gasteiger charge is -2.26. The summed E-state index contributed by atoms with van der Waals surface area (Å²) in [6.45, 7) is 5.44. The Labute approximate surface area is 199 Å². The van der Waals surface area contributed by atoms with Gasteiger partial charge in [0.1, 0.15) is 6.54 Å². The summed E-state index contributed by atoms with van der Waals surface area (Å²) in [5.41, 5.74) is 3.38. The molecule has 1 amide bonds. The fourth-order valence-electron chi connectivity index (χ4n) is 3.24. The Bertz CT molecular complexity index is 1230. The molecule has 0 heterocycles. The van der Waals surface area contributed by atoms with Gasteiger partial charge in [-0.3, -0.25) is 9.10 Å². The molecule has 0 aliphatic carbocycles. The molecular formula is C24H24Cl2N2O3S. The molecular weight excluding hydrogens is 467 g/mol. The second kappa shape index (κ2) is 9.94. The van der Waals surface area contributed by atoms with Crippen LogP contribution in [-0.2, 0) is 14.8 Å². The standard InChI is InChI=1S/C24H24Cl2N2O3S/c1-16-9-10-19(13-17(16)2)18(3)27-24(29)15-28(23-12-11-20(25)14-22(23)26)32(30,31)21-7-5-4-6-8-21/h4-14,18H,15H2,1-3H3,(H,27,29). The highest BCUT2D eigenvalue weighted by molar-refractivity contribution is 7.92. The number of carbonyl (C=O) groups excluding carboxylic acids is 1. The first-order valence-corrected chi connectivity index (χ1v) is 12.2. The Balaban J connectivity index is 1.91. The van der Waals surface area contributed by atoms with Crippen LogP contribution in [0, 0.1) is 13.8 Å². The third-order valence-electron chi connectivity index (χ3n) is 5.21. The van der Waals surface area contributed by atoms with Crippen LogP contribution in [0.15, 0.2) is 71.6 Å². The van der Waals surface area contributed by atoms with E-state index in [4.69, 9.17) is 23.2 Å². The van der Waals surface area contributed by atoms with Crippen LogP contribution in [0.3, 0.4) is 0 Å². The van der Waals surface area contributed by atoms with Gasteiger partial charge in [0.2, 0.25) is 5.91 Å². The molecule has 0 aromatic heterocycles. The lowest BCUT2D eigenvalue weighted by Crippen LogP contribution is -2.41. The van der Waals surface area contributed by atoms with Gasteiger partial charge in [0.25, 0.3) is 10.0 Å². The van der Waals surface area contributed by atoms with Gasteiger partial charge in [0, 0.05) is 5.02 Å². The monoisotopic (exact) mass is 490 g/mol. The number of nitrogens with zero attached hydrogens (tertiary/aromatic N) is 1. The summed E-state index contributed by atoms with van der Waals surface area (Å²) in [7, 11) is -4.05. The summed E-state index contributed by atoms with van der Waals surface area (Å²) in [5.74, 6) is -0.457. The predicted molar refractivity (Wildman–Crippen MR) is 130 cm³/mol. The Morgan fingerprint density at radius 2 is 1.66 bits per heavy atom. The zero-order valence-electron chi connectivity index (χ0n) is 18.0. The molecule has 8 heteroatoms. The number of benzene rings is 3. The molecule has 1 atom stereocenters. The Morgan fingerprint density at radius 1 is 0.969 bits per heavy atom. The quantitative estimate of drug-likeness (QED) is 0.462. The second-order valence-electron chi connectivity index (χ2n) is 7.55. The number of amides is 1. The second-order valence-corrected chi connectivity index (χ2v) is 10.3. The molecule has 3 aromatic carbocycles. The van der Waals surface area contributed by atoms with Crippen LogP contribution >= 0.6 is 23.2 Å². The third-order valence-corrected chi connectivity index (χ3v) is 7.52. The number of halogens is 2. The molecule has 3 aromatic rings. The van der Waals surface area contributed by atoms with E-state index >= 15 is 0 Å². The van der Waals surface area contributed by atoms with Crippen molar-refractivity contribution in [1.29, 1.82) is 0 Å². The minimum atomic E-state index is -4.05. The number of sulfonamides is 1. The number of hydrogen-bond acceptors (Lipinski definition) is 3. The third kappa shape index (κ3) is 5.44. The number of rotatable bonds is 7. The first-order valence-electron chi connectivity index (χ1n) is 9.99. The number of hydrogen-bond donors (Lipinski definition) is 1. The van der Waals surface area contributed by atoms with Crippen LogP contribution in [0.25, 0.3) is 0 Å². The van der Waals surface area contributed by atoms with E-state index in [1.165, 1.54) is 30.3 Å². The van der Waals surface area contributed by atoms with E-state index in [-0.39, 0.29) is 21.6 Å². The van der Waals surface area contributed by atoms with Crippen molar-refractivity contribution >= 4 is 44.8 Å². The maximum atomic E-state index is 13.4. The molecule has 0 spiro atoms. The number of anilines is 1. The van der Waals surface area contributed by atoms with Crippen molar-refractivity contribution in [2.45, 2.75) is 31.7 Å². The average Bonchev–Trinajstić information content (AvgIpc) is 2.75. The van der Waals surface area contributed by atoms with Gasteiger partial charge >= 0.3 is 0 Å². The van der Waals surface area contributed by atoms with Crippen molar-refractivity contribution in [3.63, 3.8) is 0 Å². The molecule has 1 N–H and O–H groups in total. The maximum absolute atomic E-state index is 13.4. The zero-order chi connectivity index (χ0) is 23.5. The Hall–Kier alpha value is -2.54. The first-order chi connectivity index (χ1) is 15.1. The van der Waals surface area contributed by atoms with Gasteiger partial charge in [-0.25, -0.2) is 8.42 Å². The minimum absolute atomic E-state index is 0.0565. The minimum Gasteiger partial charge on any atom is -0.348 e. The van der Waals surface area contributed by atoms with Crippen LogP contribution in [0.1, 0.15) is 29.7 Å².